The van der Waals surface area contributed by atoms with E-state index < -0.39 is 11.8 Å². The Morgan fingerprint density at radius 2 is 1.97 bits per heavy atom. The number of carbonyl (C=O) groups is 2. The van der Waals surface area contributed by atoms with E-state index >= 15 is 0 Å². The highest BCUT2D eigenvalue weighted by Crippen LogP contribution is 2.37. The first-order valence-corrected chi connectivity index (χ1v) is 10.6. The number of methoxy groups -OCH3 is 1. The first-order chi connectivity index (χ1) is 14.3. The van der Waals surface area contributed by atoms with Crippen LogP contribution in [0.1, 0.15) is 12.5 Å². The maximum absolute atomic E-state index is 13.2. The number of hydrogen-bond acceptors (Lipinski definition) is 5. The summed E-state index contributed by atoms with van der Waals surface area (Å²) in [7, 11) is 1.52. The highest BCUT2D eigenvalue weighted by Gasteiger charge is 2.35. The van der Waals surface area contributed by atoms with Gasteiger partial charge in [-0.05, 0) is 77.0 Å². The molecule has 156 valence electrons. The number of carbonyl (C=O) groups excluding carboxylic acids is 2. The summed E-state index contributed by atoms with van der Waals surface area (Å²) in [5.74, 6) is -0.249. The maximum atomic E-state index is 13.2. The Morgan fingerprint density at radius 1 is 1.23 bits per heavy atom. The van der Waals surface area contributed by atoms with E-state index in [0.29, 0.717) is 38.9 Å². The van der Waals surface area contributed by atoms with E-state index in [2.05, 4.69) is 21.2 Å². The predicted molar refractivity (Wildman–Crippen MR) is 125 cm³/mol. The summed E-state index contributed by atoms with van der Waals surface area (Å²) in [5.41, 5.74) is 0.751. The Balaban J connectivity index is 2.07. The lowest BCUT2D eigenvalue weighted by Crippen LogP contribution is -2.54. The van der Waals surface area contributed by atoms with Gasteiger partial charge in [0.15, 0.2) is 16.6 Å². The van der Waals surface area contributed by atoms with Gasteiger partial charge in [0.05, 0.1) is 28.9 Å². The van der Waals surface area contributed by atoms with Crippen LogP contribution in [-0.2, 0) is 9.59 Å². The van der Waals surface area contributed by atoms with Crippen LogP contribution >= 0.6 is 51.3 Å². The number of benzene rings is 2. The molecule has 1 saturated heterocycles. The van der Waals surface area contributed by atoms with E-state index in [4.69, 9.17) is 44.9 Å². The van der Waals surface area contributed by atoms with Gasteiger partial charge in [-0.15, -0.1) is 0 Å². The molecule has 1 N–H and O–H groups in total. The van der Waals surface area contributed by atoms with Gasteiger partial charge >= 0.3 is 0 Å². The Labute approximate surface area is 196 Å². The number of ether oxygens (including phenoxy) is 2. The van der Waals surface area contributed by atoms with Gasteiger partial charge < -0.3 is 9.47 Å². The Bertz CT molecular complexity index is 1090. The fraction of sp³-hybridized carbons (Fsp3) is 0.150. The Kier molecular flexibility index (Phi) is 7.02. The molecule has 2 aromatic rings. The van der Waals surface area contributed by atoms with Gasteiger partial charge in [0.25, 0.3) is 11.8 Å². The quantitative estimate of drug-likeness (QED) is 0.335. The van der Waals surface area contributed by atoms with Crippen LogP contribution in [0.5, 0.6) is 11.5 Å². The molecule has 0 atom stereocenters. The fourth-order valence-electron chi connectivity index (χ4n) is 2.84. The van der Waals surface area contributed by atoms with Crippen molar-refractivity contribution in [2.45, 2.75) is 6.92 Å². The standard InChI is InChI=1S/C20H15BrCl2N2O4S/c1-3-29-16-8-10(7-13(21)17(16)28-2)6-12-18(26)24-20(30)25(19(12)27)15-5-4-11(22)9-14(15)23/h4-9H,3H2,1-2H3,(H,24,26,30)/b12-6+. The molecule has 0 radical (unpaired) electrons. The van der Waals surface area contributed by atoms with E-state index in [1.54, 1.807) is 24.3 Å². The third-order valence-electron chi connectivity index (χ3n) is 4.10. The minimum absolute atomic E-state index is 0.0720. The molecule has 1 fully saturated rings. The molecule has 1 aliphatic heterocycles. The molecule has 2 amide bonds. The van der Waals surface area contributed by atoms with Gasteiger partial charge in [0.1, 0.15) is 5.57 Å². The Morgan fingerprint density at radius 3 is 2.60 bits per heavy atom. The number of anilines is 1. The first kappa shape index (κ1) is 22.6. The molecule has 1 aliphatic rings. The topological polar surface area (TPSA) is 67.9 Å². The number of amides is 2. The molecule has 1 heterocycles. The fourth-order valence-corrected chi connectivity index (χ4v) is 4.23. The molecule has 2 aromatic carbocycles. The van der Waals surface area contributed by atoms with Crippen LogP contribution < -0.4 is 19.7 Å². The monoisotopic (exact) mass is 528 g/mol. The number of hydrogen-bond donors (Lipinski definition) is 1. The van der Waals surface area contributed by atoms with Gasteiger partial charge in [-0.2, -0.15) is 0 Å². The van der Waals surface area contributed by atoms with Gasteiger partial charge in [-0.1, -0.05) is 23.2 Å². The van der Waals surface area contributed by atoms with Crippen LogP contribution in [0.15, 0.2) is 40.4 Å². The van der Waals surface area contributed by atoms with Gasteiger partial charge in [0.2, 0.25) is 0 Å². The van der Waals surface area contributed by atoms with E-state index in [1.165, 1.54) is 19.3 Å². The van der Waals surface area contributed by atoms with Crippen molar-refractivity contribution in [1.82, 2.24) is 5.32 Å². The lowest BCUT2D eigenvalue weighted by molar-refractivity contribution is -0.122. The molecule has 0 saturated carbocycles. The summed E-state index contributed by atoms with van der Waals surface area (Å²) in [5, 5.41) is 3.08. The summed E-state index contributed by atoms with van der Waals surface area (Å²) in [6, 6.07) is 8.01. The molecule has 6 nitrogen and oxygen atoms in total. The van der Waals surface area contributed by atoms with Crippen molar-refractivity contribution in [2.75, 3.05) is 18.6 Å². The van der Waals surface area contributed by atoms with Crippen molar-refractivity contribution >= 4 is 80.0 Å². The molecule has 0 unspecified atom stereocenters. The van der Waals surface area contributed by atoms with Crippen molar-refractivity contribution in [3.8, 4) is 11.5 Å². The van der Waals surface area contributed by atoms with Crippen LogP contribution in [0, 0.1) is 0 Å². The van der Waals surface area contributed by atoms with Crippen LogP contribution in [0.2, 0.25) is 10.0 Å². The van der Waals surface area contributed by atoms with Crippen LogP contribution in [-0.4, -0.2) is 30.6 Å². The maximum Gasteiger partial charge on any atom is 0.270 e. The van der Waals surface area contributed by atoms with Crippen molar-refractivity contribution < 1.29 is 19.1 Å². The van der Waals surface area contributed by atoms with Crippen LogP contribution in [0.25, 0.3) is 6.08 Å². The normalized spacial score (nSPS) is 15.4. The molecule has 10 heteroatoms. The number of nitrogens with zero attached hydrogens (tertiary/aromatic N) is 1. The second kappa shape index (κ2) is 9.34. The second-order valence-corrected chi connectivity index (χ2v) is 8.11. The van der Waals surface area contributed by atoms with Crippen LogP contribution in [0.3, 0.4) is 0 Å². The summed E-state index contributed by atoms with van der Waals surface area (Å²) in [4.78, 5) is 26.8. The average molecular weight is 530 g/mol. The zero-order valence-electron chi connectivity index (χ0n) is 15.8. The van der Waals surface area contributed by atoms with Gasteiger partial charge in [-0.25, -0.2) is 0 Å². The lowest BCUT2D eigenvalue weighted by Gasteiger charge is -2.29. The number of rotatable bonds is 5. The zero-order chi connectivity index (χ0) is 22.0. The highest BCUT2D eigenvalue weighted by molar-refractivity contribution is 9.10. The highest BCUT2D eigenvalue weighted by atomic mass is 79.9. The largest absolute Gasteiger partial charge is 0.492 e. The minimum atomic E-state index is -0.615. The third-order valence-corrected chi connectivity index (χ3v) is 5.51. The predicted octanol–water partition coefficient (Wildman–Crippen LogP) is 4.99. The molecule has 0 aromatic heterocycles. The average Bonchev–Trinajstić information content (AvgIpc) is 2.67. The Hall–Kier alpha value is -2.13. The molecule has 0 aliphatic carbocycles. The van der Waals surface area contributed by atoms with Crippen molar-refractivity contribution in [3.05, 3.63) is 56.0 Å². The summed E-state index contributed by atoms with van der Waals surface area (Å²) < 4.78 is 11.5. The molecule has 30 heavy (non-hydrogen) atoms. The minimum Gasteiger partial charge on any atom is -0.492 e. The summed E-state index contributed by atoms with van der Waals surface area (Å²) in [6.07, 6.45) is 1.45. The zero-order valence-corrected chi connectivity index (χ0v) is 19.7. The van der Waals surface area contributed by atoms with Crippen molar-refractivity contribution in [1.29, 1.82) is 0 Å². The molecular formula is C20H15BrCl2N2O4S. The second-order valence-electron chi connectivity index (χ2n) is 6.02. The van der Waals surface area contributed by atoms with E-state index in [1.807, 2.05) is 6.92 Å². The van der Waals surface area contributed by atoms with E-state index in [0.717, 1.165) is 4.90 Å². The van der Waals surface area contributed by atoms with Crippen molar-refractivity contribution in [3.63, 3.8) is 0 Å². The summed E-state index contributed by atoms with van der Waals surface area (Å²) in [6.45, 7) is 2.25. The SMILES string of the molecule is CCOc1cc(/C=C2\C(=O)NC(=S)N(c3ccc(Cl)cc3Cl)C2=O)cc(Br)c1OC. The van der Waals surface area contributed by atoms with Crippen LogP contribution in [0.4, 0.5) is 5.69 Å². The number of thiocarbonyl (C=S) groups is 1. The third kappa shape index (κ3) is 4.46. The molecule has 0 bridgehead atoms. The lowest BCUT2D eigenvalue weighted by atomic mass is 10.1. The smallest absolute Gasteiger partial charge is 0.270 e. The van der Waals surface area contributed by atoms with E-state index in [-0.39, 0.29) is 15.7 Å². The molecule has 0 spiro atoms. The number of nitrogens with one attached hydrogen (secondary N) is 1. The van der Waals surface area contributed by atoms with Gasteiger partial charge in [-0.3, -0.25) is 19.8 Å². The van der Waals surface area contributed by atoms with E-state index in [9.17, 15) is 9.59 Å². The summed E-state index contributed by atoms with van der Waals surface area (Å²) >= 11 is 20.8. The van der Waals surface area contributed by atoms with Crippen molar-refractivity contribution in [2.24, 2.45) is 0 Å². The first-order valence-electron chi connectivity index (χ1n) is 8.63. The molecule has 3 rings (SSSR count). The van der Waals surface area contributed by atoms with Gasteiger partial charge in [0, 0.05) is 5.02 Å². The number of halogens is 3. The molecular weight excluding hydrogens is 515 g/mol.